The van der Waals surface area contributed by atoms with Crippen LogP contribution in [0.2, 0.25) is 0 Å². The fraction of sp³-hybridized carbons (Fsp3) is 0.474. The molecular weight excluding hydrogens is 364 g/mol. The molecule has 0 unspecified atom stereocenters. The van der Waals surface area contributed by atoms with E-state index in [2.05, 4.69) is 4.98 Å². The summed E-state index contributed by atoms with van der Waals surface area (Å²) >= 11 is 0. The van der Waals surface area contributed by atoms with Crippen molar-refractivity contribution in [3.63, 3.8) is 0 Å². The monoisotopic (exact) mass is 390 g/mol. The van der Waals surface area contributed by atoms with Crippen molar-refractivity contribution in [3.05, 3.63) is 47.4 Å². The van der Waals surface area contributed by atoms with Crippen molar-refractivity contribution in [3.8, 4) is 0 Å². The summed E-state index contributed by atoms with van der Waals surface area (Å²) in [5, 5.41) is 0.0713. The van der Waals surface area contributed by atoms with Gasteiger partial charge in [0.15, 0.2) is 5.03 Å². The molecule has 8 heteroatoms. The fourth-order valence-electron chi connectivity index (χ4n) is 3.27. The fourth-order valence-corrected chi connectivity index (χ4v) is 4.77. The van der Waals surface area contributed by atoms with Crippen LogP contribution in [0.25, 0.3) is 0 Å². The largest absolute Gasteiger partial charge is 0.341 e. The zero-order chi connectivity index (χ0) is 19.6. The van der Waals surface area contributed by atoms with Crippen molar-refractivity contribution in [1.29, 1.82) is 0 Å². The van der Waals surface area contributed by atoms with Crippen LogP contribution in [0.4, 0.5) is 0 Å². The van der Waals surface area contributed by atoms with Crippen molar-refractivity contribution >= 4 is 15.9 Å². The summed E-state index contributed by atoms with van der Waals surface area (Å²) in [6.07, 6.45) is 2.49. The number of imidazole rings is 1. The minimum absolute atomic E-state index is 0.0357. The molecule has 2 aromatic rings. The van der Waals surface area contributed by atoms with Crippen LogP contribution in [0.1, 0.15) is 23.4 Å². The van der Waals surface area contributed by atoms with Crippen LogP contribution in [0, 0.1) is 13.8 Å². The summed E-state index contributed by atoms with van der Waals surface area (Å²) in [4.78, 5) is 18.6. The molecule has 1 saturated heterocycles. The van der Waals surface area contributed by atoms with Crippen LogP contribution in [0.3, 0.4) is 0 Å². The van der Waals surface area contributed by atoms with Crippen LogP contribution in [-0.4, -0.2) is 59.3 Å². The predicted octanol–water partition coefficient (Wildman–Crippen LogP) is 1.50. The molecule has 0 radical (unpaired) electrons. The minimum atomic E-state index is -3.64. The first-order chi connectivity index (χ1) is 12.8. The molecule has 0 atom stereocenters. The van der Waals surface area contributed by atoms with Gasteiger partial charge in [0.1, 0.15) is 5.82 Å². The van der Waals surface area contributed by atoms with E-state index < -0.39 is 10.0 Å². The maximum absolute atomic E-state index is 12.9. The van der Waals surface area contributed by atoms with Gasteiger partial charge in [-0.15, -0.1) is 0 Å². The molecule has 1 aromatic heterocycles. The van der Waals surface area contributed by atoms with Crippen molar-refractivity contribution in [2.75, 3.05) is 26.2 Å². The molecule has 1 amide bonds. The van der Waals surface area contributed by atoms with E-state index in [0.29, 0.717) is 38.3 Å². The molecule has 1 aromatic carbocycles. The van der Waals surface area contributed by atoms with E-state index in [-0.39, 0.29) is 17.5 Å². The smallest absolute Gasteiger partial charge is 0.262 e. The standard InChI is InChI=1S/C19H26N4O3S/c1-15-6-4-7-17(12-15)13-19(24)22-8-5-9-23(11-10-22)27(25,26)18-14-21(3)16(2)20-18/h4,6-7,12,14H,5,8-11,13H2,1-3H3. The van der Waals surface area contributed by atoms with Gasteiger partial charge in [-0.3, -0.25) is 4.79 Å². The number of benzene rings is 1. The quantitative estimate of drug-likeness (QED) is 0.793. The first kappa shape index (κ1) is 19.6. The molecule has 1 aliphatic heterocycles. The summed E-state index contributed by atoms with van der Waals surface area (Å²) in [6.45, 7) is 5.42. The second-order valence-corrected chi connectivity index (χ2v) is 8.93. The number of carbonyl (C=O) groups is 1. The van der Waals surface area contributed by atoms with Crippen LogP contribution < -0.4 is 0 Å². The van der Waals surface area contributed by atoms with Gasteiger partial charge in [0.05, 0.1) is 6.42 Å². The number of rotatable bonds is 4. The Kier molecular flexibility index (Phi) is 5.67. The molecule has 1 fully saturated rings. The molecule has 0 bridgehead atoms. The molecule has 0 N–H and O–H groups in total. The van der Waals surface area contributed by atoms with Gasteiger partial charge in [-0.25, -0.2) is 13.4 Å². The Balaban J connectivity index is 1.67. The Bertz CT molecular complexity index is 917. The zero-order valence-electron chi connectivity index (χ0n) is 16.1. The van der Waals surface area contributed by atoms with Crippen LogP contribution in [0.15, 0.2) is 35.5 Å². The lowest BCUT2D eigenvalue weighted by Gasteiger charge is -2.21. The van der Waals surface area contributed by atoms with Crippen molar-refractivity contribution in [1.82, 2.24) is 18.8 Å². The highest BCUT2D eigenvalue weighted by Crippen LogP contribution is 2.17. The summed E-state index contributed by atoms with van der Waals surface area (Å²) in [7, 11) is -1.86. The molecule has 27 heavy (non-hydrogen) atoms. The van der Waals surface area contributed by atoms with E-state index in [0.717, 1.165) is 11.1 Å². The number of aryl methyl sites for hydroxylation is 3. The van der Waals surface area contributed by atoms with Gasteiger partial charge < -0.3 is 9.47 Å². The lowest BCUT2D eigenvalue weighted by Crippen LogP contribution is -2.38. The molecule has 0 aliphatic carbocycles. The highest BCUT2D eigenvalue weighted by molar-refractivity contribution is 7.89. The molecule has 3 rings (SSSR count). The van der Waals surface area contributed by atoms with E-state index in [1.165, 1.54) is 10.5 Å². The first-order valence-corrected chi connectivity index (χ1v) is 10.5. The summed E-state index contributed by atoms with van der Waals surface area (Å²) in [5.74, 6) is 0.687. The van der Waals surface area contributed by atoms with Gasteiger partial charge in [-0.2, -0.15) is 4.31 Å². The molecular formula is C19H26N4O3S. The van der Waals surface area contributed by atoms with Gasteiger partial charge in [0.25, 0.3) is 10.0 Å². The van der Waals surface area contributed by atoms with Crippen LogP contribution in [-0.2, 0) is 28.3 Å². The molecule has 1 aliphatic rings. The van der Waals surface area contributed by atoms with Crippen molar-refractivity contribution in [2.24, 2.45) is 7.05 Å². The van der Waals surface area contributed by atoms with E-state index in [1.54, 1.807) is 23.4 Å². The van der Waals surface area contributed by atoms with Crippen molar-refractivity contribution in [2.45, 2.75) is 31.7 Å². The number of hydrogen-bond acceptors (Lipinski definition) is 4. The van der Waals surface area contributed by atoms with Crippen LogP contribution in [0.5, 0.6) is 0 Å². The van der Waals surface area contributed by atoms with E-state index >= 15 is 0 Å². The number of aromatic nitrogens is 2. The van der Waals surface area contributed by atoms with Gasteiger partial charge >= 0.3 is 0 Å². The first-order valence-electron chi connectivity index (χ1n) is 9.11. The number of nitrogens with zero attached hydrogens (tertiary/aromatic N) is 4. The second kappa shape index (κ2) is 7.82. The molecule has 146 valence electrons. The van der Waals surface area contributed by atoms with E-state index in [4.69, 9.17) is 0 Å². The molecule has 7 nitrogen and oxygen atoms in total. The Morgan fingerprint density at radius 2 is 1.93 bits per heavy atom. The highest BCUT2D eigenvalue weighted by Gasteiger charge is 2.30. The Labute approximate surface area is 160 Å². The third-order valence-corrected chi connectivity index (χ3v) is 6.71. The third-order valence-electron chi connectivity index (χ3n) is 4.94. The lowest BCUT2D eigenvalue weighted by molar-refractivity contribution is -0.130. The zero-order valence-corrected chi connectivity index (χ0v) is 16.9. The van der Waals surface area contributed by atoms with E-state index in [1.807, 2.05) is 31.2 Å². The maximum atomic E-state index is 12.9. The number of sulfonamides is 1. The number of amides is 1. The Morgan fingerprint density at radius 3 is 2.59 bits per heavy atom. The molecule has 0 saturated carbocycles. The molecule has 0 spiro atoms. The third kappa shape index (κ3) is 4.39. The maximum Gasteiger partial charge on any atom is 0.262 e. The van der Waals surface area contributed by atoms with Gasteiger partial charge in [-0.05, 0) is 25.8 Å². The Morgan fingerprint density at radius 1 is 1.15 bits per heavy atom. The summed E-state index contributed by atoms with van der Waals surface area (Å²) in [6, 6.07) is 7.91. The predicted molar refractivity (Wildman–Crippen MR) is 103 cm³/mol. The van der Waals surface area contributed by atoms with Crippen molar-refractivity contribution < 1.29 is 13.2 Å². The highest BCUT2D eigenvalue weighted by atomic mass is 32.2. The normalized spacial score (nSPS) is 16.3. The number of carbonyl (C=O) groups excluding carboxylic acids is 1. The lowest BCUT2D eigenvalue weighted by atomic mass is 10.1. The van der Waals surface area contributed by atoms with Gasteiger partial charge in [0, 0.05) is 39.4 Å². The topological polar surface area (TPSA) is 75.5 Å². The Hall–Kier alpha value is -2.19. The van der Waals surface area contributed by atoms with Crippen LogP contribution >= 0.6 is 0 Å². The summed E-state index contributed by atoms with van der Waals surface area (Å²) < 4.78 is 28.9. The summed E-state index contributed by atoms with van der Waals surface area (Å²) in [5.41, 5.74) is 2.11. The SMILES string of the molecule is Cc1cccc(CC(=O)N2CCCN(S(=O)(=O)c3cn(C)c(C)n3)CC2)c1. The van der Waals surface area contributed by atoms with Gasteiger partial charge in [0.2, 0.25) is 5.91 Å². The van der Waals surface area contributed by atoms with E-state index in [9.17, 15) is 13.2 Å². The minimum Gasteiger partial charge on any atom is -0.341 e. The van der Waals surface area contributed by atoms with Gasteiger partial charge in [-0.1, -0.05) is 29.8 Å². The average molecular weight is 391 g/mol. The molecule has 2 heterocycles. The second-order valence-electron chi connectivity index (χ2n) is 7.04. The average Bonchev–Trinajstić information content (AvgIpc) is 2.83. The number of hydrogen-bond donors (Lipinski definition) is 0.